The fraction of sp³-hybridized carbons (Fsp3) is 0.562. The molecule has 0 aliphatic carbocycles. The Morgan fingerprint density at radius 2 is 1.91 bits per heavy atom. The zero-order valence-electron chi connectivity index (χ0n) is 13.1. The van der Waals surface area contributed by atoms with Crippen LogP contribution in [-0.2, 0) is 0 Å². The quantitative estimate of drug-likeness (QED) is 0.865. The molecule has 1 fully saturated rings. The SMILES string of the molecule is CCC(O)CN1CCN(C(=O)c2ccccc2OC(F)F)CC1. The molecule has 1 aliphatic heterocycles. The van der Waals surface area contributed by atoms with E-state index in [-0.39, 0.29) is 23.3 Å². The molecule has 1 N–H and O–H groups in total. The van der Waals surface area contributed by atoms with Crippen molar-refractivity contribution < 1.29 is 23.4 Å². The number of nitrogens with zero attached hydrogens (tertiary/aromatic N) is 2. The van der Waals surface area contributed by atoms with Gasteiger partial charge in [0.1, 0.15) is 5.75 Å². The summed E-state index contributed by atoms with van der Waals surface area (Å²) in [4.78, 5) is 16.2. The average Bonchev–Trinajstić information content (AvgIpc) is 2.55. The summed E-state index contributed by atoms with van der Waals surface area (Å²) in [6, 6.07) is 6.04. The highest BCUT2D eigenvalue weighted by molar-refractivity contribution is 5.97. The molecule has 1 saturated heterocycles. The van der Waals surface area contributed by atoms with Gasteiger partial charge in [0.25, 0.3) is 5.91 Å². The van der Waals surface area contributed by atoms with E-state index in [1.54, 1.807) is 17.0 Å². The maximum absolute atomic E-state index is 12.5. The zero-order chi connectivity index (χ0) is 16.8. The molecule has 1 amide bonds. The average molecular weight is 328 g/mol. The summed E-state index contributed by atoms with van der Waals surface area (Å²) in [6.07, 6.45) is 0.328. The molecule has 2 rings (SSSR count). The van der Waals surface area contributed by atoms with Gasteiger partial charge in [0, 0.05) is 32.7 Å². The van der Waals surface area contributed by atoms with Crippen LogP contribution in [-0.4, -0.2) is 66.3 Å². The lowest BCUT2D eigenvalue weighted by Crippen LogP contribution is -2.50. The molecule has 7 heteroatoms. The zero-order valence-corrected chi connectivity index (χ0v) is 13.1. The lowest BCUT2D eigenvalue weighted by atomic mass is 10.1. The molecule has 1 atom stereocenters. The van der Waals surface area contributed by atoms with E-state index in [0.717, 1.165) is 0 Å². The number of ether oxygens (including phenoxy) is 1. The minimum absolute atomic E-state index is 0.101. The normalized spacial score (nSPS) is 17.3. The van der Waals surface area contributed by atoms with E-state index in [0.29, 0.717) is 39.1 Å². The fourth-order valence-corrected chi connectivity index (χ4v) is 2.57. The second kappa shape index (κ2) is 8.21. The van der Waals surface area contributed by atoms with Crippen LogP contribution < -0.4 is 4.74 Å². The Bertz CT molecular complexity index is 520. The molecule has 1 aliphatic rings. The molecule has 5 nitrogen and oxygen atoms in total. The van der Waals surface area contributed by atoms with Crippen LogP contribution in [0, 0.1) is 0 Å². The topological polar surface area (TPSA) is 53.0 Å². The van der Waals surface area contributed by atoms with Gasteiger partial charge < -0.3 is 14.7 Å². The summed E-state index contributed by atoms with van der Waals surface area (Å²) < 4.78 is 29.3. The molecule has 1 aromatic rings. The maximum Gasteiger partial charge on any atom is 0.387 e. The first-order valence-electron chi connectivity index (χ1n) is 7.74. The summed E-state index contributed by atoms with van der Waals surface area (Å²) in [5, 5.41) is 9.67. The Balaban J connectivity index is 1.97. The highest BCUT2D eigenvalue weighted by atomic mass is 19.3. The Morgan fingerprint density at radius 3 is 2.52 bits per heavy atom. The van der Waals surface area contributed by atoms with Gasteiger partial charge in [-0.25, -0.2) is 0 Å². The van der Waals surface area contributed by atoms with E-state index >= 15 is 0 Å². The van der Waals surface area contributed by atoms with Crippen LogP contribution in [0.15, 0.2) is 24.3 Å². The van der Waals surface area contributed by atoms with E-state index in [9.17, 15) is 18.7 Å². The molecule has 23 heavy (non-hydrogen) atoms. The van der Waals surface area contributed by atoms with Crippen molar-refractivity contribution in [3.63, 3.8) is 0 Å². The van der Waals surface area contributed by atoms with Crippen molar-refractivity contribution in [3.8, 4) is 5.75 Å². The van der Waals surface area contributed by atoms with Gasteiger partial charge in [-0.3, -0.25) is 9.69 Å². The second-order valence-corrected chi connectivity index (χ2v) is 5.53. The van der Waals surface area contributed by atoms with Crippen LogP contribution in [0.3, 0.4) is 0 Å². The van der Waals surface area contributed by atoms with Crippen molar-refractivity contribution in [3.05, 3.63) is 29.8 Å². The number of benzene rings is 1. The molecule has 0 spiro atoms. The largest absolute Gasteiger partial charge is 0.434 e. The molecular weight excluding hydrogens is 306 g/mol. The summed E-state index contributed by atoms with van der Waals surface area (Å²) in [5.41, 5.74) is 0.148. The number of aliphatic hydroxyl groups is 1. The predicted octanol–water partition coefficient (Wildman–Crippen LogP) is 1.82. The molecule has 0 aromatic heterocycles. The number of β-amino-alcohol motifs (C(OH)–C–C–N with tert-alkyl or cyclic N) is 1. The van der Waals surface area contributed by atoms with Crippen molar-refractivity contribution in [2.24, 2.45) is 0 Å². The van der Waals surface area contributed by atoms with Crippen LogP contribution >= 0.6 is 0 Å². The second-order valence-electron chi connectivity index (χ2n) is 5.53. The van der Waals surface area contributed by atoms with Crippen molar-refractivity contribution in [2.45, 2.75) is 26.1 Å². The Hall–Kier alpha value is -1.73. The van der Waals surface area contributed by atoms with Crippen molar-refractivity contribution in [2.75, 3.05) is 32.7 Å². The minimum Gasteiger partial charge on any atom is -0.434 e. The number of amides is 1. The lowest BCUT2D eigenvalue weighted by Gasteiger charge is -2.35. The van der Waals surface area contributed by atoms with Gasteiger partial charge >= 0.3 is 6.61 Å². The van der Waals surface area contributed by atoms with Gasteiger partial charge in [-0.1, -0.05) is 19.1 Å². The highest BCUT2D eigenvalue weighted by Crippen LogP contribution is 2.22. The summed E-state index contributed by atoms with van der Waals surface area (Å²) >= 11 is 0. The van der Waals surface area contributed by atoms with Crippen LogP contribution in [0.2, 0.25) is 0 Å². The van der Waals surface area contributed by atoms with Gasteiger partial charge in [-0.15, -0.1) is 0 Å². The number of aliphatic hydroxyl groups excluding tert-OH is 1. The third-order valence-electron chi connectivity index (χ3n) is 3.93. The molecule has 1 heterocycles. The van der Waals surface area contributed by atoms with Gasteiger partial charge in [0.05, 0.1) is 11.7 Å². The first kappa shape index (κ1) is 17.6. The number of rotatable bonds is 6. The van der Waals surface area contributed by atoms with E-state index in [1.165, 1.54) is 12.1 Å². The number of halogens is 2. The Kier molecular flexibility index (Phi) is 6.29. The number of carbonyl (C=O) groups excluding carboxylic acids is 1. The van der Waals surface area contributed by atoms with E-state index < -0.39 is 6.61 Å². The lowest BCUT2D eigenvalue weighted by molar-refractivity contribution is -0.0503. The molecule has 1 unspecified atom stereocenters. The predicted molar refractivity (Wildman–Crippen MR) is 81.7 cm³/mol. The summed E-state index contributed by atoms with van der Waals surface area (Å²) in [6.45, 7) is 1.85. The van der Waals surface area contributed by atoms with Crippen LogP contribution in [0.25, 0.3) is 0 Å². The number of para-hydroxylation sites is 1. The van der Waals surface area contributed by atoms with Gasteiger partial charge in [0.2, 0.25) is 0 Å². The summed E-state index contributed by atoms with van der Waals surface area (Å²) in [7, 11) is 0. The van der Waals surface area contributed by atoms with Crippen molar-refractivity contribution >= 4 is 5.91 Å². The van der Waals surface area contributed by atoms with Crippen LogP contribution in [0.1, 0.15) is 23.7 Å². The Morgan fingerprint density at radius 1 is 1.26 bits per heavy atom. The van der Waals surface area contributed by atoms with Crippen molar-refractivity contribution in [1.29, 1.82) is 0 Å². The smallest absolute Gasteiger partial charge is 0.387 e. The number of hydrogen-bond donors (Lipinski definition) is 1. The number of alkyl halides is 2. The first-order chi connectivity index (χ1) is 11.0. The van der Waals surface area contributed by atoms with E-state index in [1.807, 2.05) is 6.92 Å². The van der Waals surface area contributed by atoms with Crippen molar-refractivity contribution in [1.82, 2.24) is 9.80 Å². The number of piperazine rings is 1. The molecular formula is C16H22F2N2O3. The fourth-order valence-electron chi connectivity index (χ4n) is 2.57. The monoisotopic (exact) mass is 328 g/mol. The first-order valence-corrected chi connectivity index (χ1v) is 7.74. The van der Waals surface area contributed by atoms with Crippen LogP contribution in [0.5, 0.6) is 5.75 Å². The molecule has 128 valence electrons. The van der Waals surface area contributed by atoms with Gasteiger partial charge in [0.15, 0.2) is 0 Å². The highest BCUT2D eigenvalue weighted by Gasteiger charge is 2.25. The standard InChI is InChI=1S/C16H22F2N2O3/c1-2-12(21)11-19-7-9-20(10-8-19)15(22)13-5-3-4-6-14(13)23-16(17)18/h3-6,12,16,21H,2,7-11H2,1H3. The van der Waals surface area contributed by atoms with Gasteiger partial charge in [-0.05, 0) is 18.6 Å². The molecule has 0 radical (unpaired) electrons. The summed E-state index contributed by atoms with van der Waals surface area (Å²) in [5.74, 6) is -0.409. The van der Waals surface area contributed by atoms with E-state index in [2.05, 4.69) is 9.64 Å². The van der Waals surface area contributed by atoms with E-state index in [4.69, 9.17) is 0 Å². The third-order valence-corrected chi connectivity index (χ3v) is 3.93. The molecule has 0 bridgehead atoms. The third kappa shape index (κ3) is 4.87. The Labute approximate surface area is 134 Å². The number of carbonyl (C=O) groups is 1. The van der Waals surface area contributed by atoms with Gasteiger partial charge in [-0.2, -0.15) is 8.78 Å². The molecule has 1 aromatic carbocycles. The number of hydrogen-bond acceptors (Lipinski definition) is 4. The minimum atomic E-state index is -2.96. The maximum atomic E-state index is 12.5. The van der Waals surface area contributed by atoms with Crippen LogP contribution in [0.4, 0.5) is 8.78 Å². The molecule has 0 saturated carbocycles.